The van der Waals surface area contributed by atoms with Crippen LogP contribution in [0.3, 0.4) is 0 Å². The molecule has 0 radical (unpaired) electrons. The van der Waals surface area contributed by atoms with Crippen LogP contribution in [0.5, 0.6) is 0 Å². The average molecular weight is 242 g/mol. The summed E-state index contributed by atoms with van der Waals surface area (Å²) in [6, 6.07) is 8.54. The van der Waals surface area contributed by atoms with Crippen LogP contribution in [0.15, 0.2) is 30.5 Å². The van der Waals surface area contributed by atoms with Crippen molar-refractivity contribution >= 4 is 16.6 Å². The lowest BCUT2D eigenvalue weighted by atomic mass is 10.1. The van der Waals surface area contributed by atoms with Gasteiger partial charge in [0.2, 0.25) is 0 Å². The summed E-state index contributed by atoms with van der Waals surface area (Å²) in [4.78, 5) is 6.84. The lowest BCUT2D eigenvalue weighted by molar-refractivity contribution is 0.0533. The fourth-order valence-electron chi connectivity index (χ4n) is 2.56. The second-order valence-corrected chi connectivity index (χ2v) is 4.98. The molecule has 0 saturated carbocycles. The number of hydrogen-bond acceptors (Lipinski definition) is 3. The van der Waals surface area contributed by atoms with Crippen molar-refractivity contribution in [2.24, 2.45) is 0 Å². The predicted molar refractivity (Wildman–Crippen MR) is 74.1 cm³/mol. The van der Waals surface area contributed by atoms with E-state index in [1.807, 2.05) is 6.20 Å². The maximum atomic E-state index is 5.61. The summed E-state index contributed by atoms with van der Waals surface area (Å²) in [5.74, 6) is 0. The van der Waals surface area contributed by atoms with E-state index in [9.17, 15) is 0 Å². The van der Waals surface area contributed by atoms with Crippen LogP contribution in [0.1, 0.15) is 12.5 Å². The molecule has 1 unspecified atom stereocenters. The van der Waals surface area contributed by atoms with Crippen molar-refractivity contribution in [1.29, 1.82) is 0 Å². The molecule has 1 aromatic heterocycles. The third-order valence-corrected chi connectivity index (χ3v) is 3.46. The number of nitrogens with zero attached hydrogens (tertiary/aromatic N) is 2. The summed E-state index contributed by atoms with van der Waals surface area (Å²) in [5.41, 5.74) is 3.62. The van der Waals surface area contributed by atoms with Gasteiger partial charge in [-0.3, -0.25) is 4.98 Å². The Labute approximate surface area is 107 Å². The first-order chi connectivity index (χ1) is 8.74. The Hall–Kier alpha value is -1.61. The fourth-order valence-corrected chi connectivity index (χ4v) is 2.56. The quantitative estimate of drug-likeness (QED) is 0.769. The van der Waals surface area contributed by atoms with Crippen LogP contribution in [-0.4, -0.2) is 30.8 Å². The predicted octanol–water partition coefficient (Wildman–Crippen LogP) is 2.77. The van der Waals surface area contributed by atoms with Crippen molar-refractivity contribution < 1.29 is 4.74 Å². The monoisotopic (exact) mass is 242 g/mol. The summed E-state index contributed by atoms with van der Waals surface area (Å²) in [6.45, 7) is 6.96. The molecule has 2 heterocycles. The number of hydrogen-bond donors (Lipinski definition) is 0. The Morgan fingerprint density at radius 2 is 2.22 bits per heavy atom. The first kappa shape index (κ1) is 11.5. The smallest absolute Gasteiger partial charge is 0.0722 e. The van der Waals surface area contributed by atoms with Crippen LogP contribution >= 0.6 is 0 Å². The zero-order chi connectivity index (χ0) is 12.5. The molecule has 1 aliphatic rings. The maximum Gasteiger partial charge on any atom is 0.0722 e. The molecule has 1 saturated heterocycles. The second kappa shape index (κ2) is 4.58. The highest BCUT2D eigenvalue weighted by Crippen LogP contribution is 2.27. The molecule has 0 N–H and O–H groups in total. The van der Waals surface area contributed by atoms with Gasteiger partial charge in [-0.05, 0) is 32.0 Å². The number of pyridine rings is 1. The van der Waals surface area contributed by atoms with E-state index in [0.717, 1.165) is 25.2 Å². The van der Waals surface area contributed by atoms with Gasteiger partial charge in [-0.1, -0.05) is 11.6 Å². The Balaban J connectivity index is 2.07. The maximum absolute atomic E-state index is 5.61. The van der Waals surface area contributed by atoms with Crippen LogP contribution in [-0.2, 0) is 4.74 Å². The first-order valence-electron chi connectivity index (χ1n) is 6.46. The standard InChI is InChI=1S/C15H18N2O/c1-11-3-4-14-13(9-11)15(5-6-16-14)17-7-8-18-12(2)10-17/h3-6,9,12H,7-8,10H2,1-2H3. The van der Waals surface area contributed by atoms with Crippen molar-refractivity contribution in [3.63, 3.8) is 0 Å². The highest BCUT2D eigenvalue weighted by Gasteiger charge is 2.18. The number of morpholine rings is 1. The van der Waals surface area contributed by atoms with Gasteiger partial charge in [0, 0.05) is 30.4 Å². The Morgan fingerprint density at radius 1 is 1.33 bits per heavy atom. The van der Waals surface area contributed by atoms with E-state index in [-0.39, 0.29) is 0 Å². The van der Waals surface area contributed by atoms with Crippen molar-refractivity contribution in [2.45, 2.75) is 20.0 Å². The number of ether oxygens (including phenoxy) is 1. The fraction of sp³-hybridized carbons (Fsp3) is 0.400. The minimum absolute atomic E-state index is 0.298. The van der Waals surface area contributed by atoms with Gasteiger partial charge in [-0.25, -0.2) is 0 Å². The van der Waals surface area contributed by atoms with Crippen LogP contribution < -0.4 is 4.90 Å². The molecule has 3 heteroatoms. The van der Waals surface area contributed by atoms with E-state index in [0.29, 0.717) is 6.10 Å². The van der Waals surface area contributed by atoms with Crippen LogP contribution in [0.25, 0.3) is 10.9 Å². The Bertz CT molecular complexity index is 567. The van der Waals surface area contributed by atoms with Crippen molar-refractivity contribution in [2.75, 3.05) is 24.6 Å². The summed E-state index contributed by atoms with van der Waals surface area (Å²) in [7, 11) is 0. The zero-order valence-corrected chi connectivity index (χ0v) is 10.9. The Morgan fingerprint density at radius 3 is 3.06 bits per heavy atom. The second-order valence-electron chi connectivity index (χ2n) is 4.98. The van der Waals surface area contributed by atoms with Gasteiger partial charge in [0.05, 0.1) is 18.2 Å². The highest BCUT2D eigenvalue weighted by molar-refractivity contribution is 5.92. The number of fused-ring (bicyclic) bond motifs is 1. The van der Waals surface area contributed by atoms with Gasteiger partial charge >= 0.3 is 0 Å². The summed E-state index contributed by atoms with van der Waals surface area (Å²) in [5, 5.41) is 1.24. The van der Waals surface area contributed by atoms with Gasteiger partial charge in [-0.15, -0.1) is 0 Å². The van der Waals surface area contributed by atoms with Gasteiger partial charge in [0.1, 0.15) is 0 Å². The number of aryl methyl sites for hydroxylation is 1. The van der Waals surface area contributed by atoms with Crippen LogP contribution in [0.4, 0.5) is 5.69 Å². The molecule has 1 atom stereocenters. The normalized spacial score (nSPS) is 20.3. The van der Waals surface area contributed by atoms with E-state index in [2.05, 4.69) is 48.0 Å². The molecule has 3 nitrogen and oxygen atoms in total. The van der Waals surface area contributed by atoms with E-state index in [4.69, 9.17) is 4.74 Å². The molecule has 0 bridgehead atoms. The van der Waals surface area contributed by atoms with Gasteiger partial charge in [0.15, 0.2) is 0 Å². The minimum atomic E-state index is 0.298. The van der Waals surface area contributed by atoms with Crippen molar-refractivity contribution in [3.8, 4) is 0 Å². The molecule has 18 heavy (non-hydrogen) atoms. The Kier molecular flexibility index (Phi) is 2.92. The number of benzene rings is 1. The number of aromatic nitrogens is 1. The van der Waals surface area contributed by atoms with E-state index < -0.39 is 0 Å². The molecule has 0 aliphatic carbocycles. The molecular formula is C15H18N2O. The van der Waals surface area contributed by atoms with Gasteiger partial charge < -0.3 is 9.64 Å². The molecule has 1 aliphatic heterocycles. The summed E-state index contributed by atoms with van der Waals surface area (Å²) >= 11 is 0. The van der Waals surface area contributed by atoms with Gasteiger partial charge in [-0.2, -0.15) is 0 Å². The topological polar surface area (TPSA) is 25.4 Å². The summed E-state index contributed by atoms with van der Waals surface area (Å²) in [6.07, 6.45) is 2.19. The van der Waals surface area contributed by atoms with Gasteiger partial charge in [0.25, 0.3) is 0 Å². The molecular weight excluding hydrogens is 224 g/mol. The van der Waals surface area contributed by atoms with Crippen molar-refractivity contribution in [1.82, 2.24) is 4.98 Å². The highest BCUT2D eigenvalue weighted by atomic mass is 16.5. The van der Waals surface area contributed by atoms with Crippen molar-refractivity contribution in [3.05, 3.63) is 36.0 Å². The molecule has 3 rings (SSSR count). The summed E-state index contributed by atoms with van der Waals surface area (Å²) < 4.78 is 5.61. The van der Waals surface area contributed by atoms with E-state index in [1.165, 1.54) is 16.6 Å². The lowest BCUT2D eigenvalue weighted by Crippen LogP contribution is -2.41. The lowest BCUT2D eigenvalue weighted by Gasteiger charge is -2.33. The molecule has 0 amide bonds. The largest absolute Gasteiger partial charge is 0.375 e. The SMILES string of the molecule is Cc1ccc2nccc(N3CCOC(C)C3)c2c1. The average Bonchev–Trinajstić information content (AvgIpc) is 2.38. The molecule has 2 aromatic rings. The van der Waals surface area contributed by atoms with E-state index in [1.54, 1.807) is 0 Å². The van der Waals surface area contributed by atoms with Crippen LogP contribution in [0.2, 0.25) is 0 Å². The zero-order valence-electron chi connectivity index (χ0n) is 10.9. The molecule has 0 spiro atoms. The third-order valence-electron chi connectivity index (χ3n) is 3.46. The number of rotatable bonds is 1. The third kappa shape index (κ3) is 2.06. The number of anilines is 1. The van der Waals surface area contributed by atoms with Crippen LogP contribution in [0, 0.1) is 6.92 Å². The molecule has 1 aromatic carbocycles. The first-order valence-corrected chi connectivity index (χ1v) is 6.46. The molecule has 94 valence electrons. The van der Waals surface area contributed by atoms with E-state index >= 15 is 0 Å². The molecule has 1 fully saturated rings. The minimum Gasteiger partial charge on any atom is -0.375 e.